The van der Waals surface area contributed by atoms with E-state index in [-0.39, 0.29) is 23.6 Å². The fourth-order valence-electron chi connectivity index (χ4n) is 2.42. The number of nitrogens with one attached hydrogen (secondary N) is 1. The van der Waals surface area contributed by atoms with Crippen molar-refractivity contribution in [2.24, 2.45) is 0 Å². The van der Waals surface area contributed by atoms with Crippen molar-refractivity contribution in [3.8, 4) is 11.1 Å². The Balaban J connectivity index is 1.98. The summed E-state index contributed by atoms with van der Waals surface area (Å²) < 4.78 is 38.7. The number of halogens is 3. The highest BCUT2D eigenvalue weighted by molar-refractivity contribution is 5.95. The van der Waals surface area contributed by atoms with Gasteiger partial charge in [0.2, 0.25) is 0 Å². The largest absolute Gasteiger partial charge is 0.478 e. The van der Waals surface area contributed by atoms with Gasteiger partial charge in [0.1, 0.15) is 0 Å². The highest BCUT2D eigenvalue weighted by Crippen LogP contribution is 2.30. The van der Waals surface area contributed by atoms with E-state index in [2.05, 4.69) is 20.4 Å². The van der Waals surface area contributed by atoms with E-state index in [1.54, 1.807) is 24.5 Å². The quantitative estimate of drug-likeness (QED) is 0.680. The average molecular weight is 377 g/mol. The van der Waals surface area contributed by atoms with Crippen molar-refractivity contribution in [1.29, 1.82) is 0 Å². The van der Waals surface area contributed by atoms with Crippen LogP contribution in [0.3, 0.4) is 0 Å². The molecule has 2 N–H and O–H groups in total. The van der Waals surface area contributed by atoms with Crippen molar-refractivity contribution >= 4 is 17.5 Å². The highest BCUT2D eigenvalue weighted by Gasteiger charge is 2.27. The Labute approximate surface area is 151 Å². The van der Waals surface area contributed by atoms with Crippen LogP contribution in [0.4, 0.5) is 24.7 Å². The number of anilines is 2. The van der Waals surface area contributed by atoms with Gasteiger partial charge >= 0.3 is 12.1 Å². The fourth-order valence-corrected chi connectivity index (χ4v) is 2.42. The molecule has 10 heteroatoms. The van der Waals surface area contributed by atoms with Crippen LogP contribution >= 0.6 is 0 Å². The first-order chi connectivity index (χ1) is 12.8. The predicted octanol–water partition coefficient (Wildman–Crippen LogP) is 3.73. The summed E-state index contributed by atoms with van der Waals surface area (Å²) >= 11 is 0. The van der Waals surface area contributed by atoms with E-state index in [9.17, 15) is 23.1 Å². The summed E-state index contributed by atoms with van der Waals surface area (Å²) in [5.41, 5.74) is 1.34. The molecule has 0 aromatic carbocycles. The molecule has 0 unspecified atom stereocenters. The van der Waals surface area contributed by atoms with Crippen LogP contribution in [0, 0.1) is 0 Å². The first kappa shape index (κ1) is 18.4. The second kappa shape index (κ2) is 7.44. The SMILES string of the molecule is O=C(O)c1ccncc1Nc1nn(CCC(F)(F)F)cc1-c1ccncc1. The first-order valence-corrected chi connectivity index (χ1v) is 7.82. The summed E-state index contributed by atoms with van der Waals surface area (Å²) in [7, 11) is 0. The fraction of sp³-hybridized carbons (Fsp3) is 0.176. The zero-order valence-corrected chi connectivity index (χ0v) is 13.8. The zero-order valence-electron chi connectivity index (χ0n) is 13.8. The molecule has 0 radical (unpaired) electrons. The molecule has 0 saturated heterocycles. The van der Waals surface area contributed by atoms with Crippen molar-refractivity contribution in [2.75, 3.05) is 5.32 Å². The van der Waals surface area contributed by atoms with Crippen LogP contribution in [0.5, 0.6) is 0 Å². The van der Waals surface area contributed by atoms with Crippen molar-refractivity contribution in [3.05, 3.63) is 54.7 Å². The monoisotopic (exact) mass is 377 g/mol. The summed E-state index contributed by atoms with van der Waals surface area (Å²) in [4.78, 5) is 19.2. The van der Waals surface area contributed by atoms with Crippen LogP contribution in [0.1, 0.15) is 16.8 Å². The summed E-state index contributed by atoms with van der Waals surface area (Å²) in [6, 6.07) is 4.67. The average Bonchev–Trinajstić information content (AvgIpc) is 3.03. The number of aromatic carboxylic acids is 1. The van der Waals surface area contributed by atoms with Crippen molar-refractivity contribution in [2.45, 2.75) is 19.1 Å². The molecule has 3 rings (SSSR count). The number of nitrogens with zero attached hydrogens (tertiary/aromatic N) is 4. The Hall–Kier alpha value is -3.43. The second-order valence-electron chi connectivity index (χ2n) is 5.61. The smallest absolute Gasteiger partial charge is 0.390 e. The minimum Gasteiger partial charge on any atom is -0.478 e. The van der Waals surface area contributed by atoms with E-state index >= 15 is 0 Å². The Morgan fingerprint density at radius 2 is 1.85 bits per heavy atom. The summed E-state index contributed by atoms with van der Waals surface area (Å²) in [6.45, 7) is -0.359. The molecule has 3 aromatic rings. The molecular formula is C17H14F3N5O2. The number of aromatic nitrogens is 4. The molecule has 7 nitrogen and oxygen atoms in total. The molecule has 0 amide bonds. The standard InChI is InChI=1S/C17H14F3N5O2/c18-17(19,20)4-8-25-10-13(11-1-5-21-6-2-11)15(24-25)23-14-9-22-7-3-12(14)16(26)27/h1-3,5-7,9-10H,4,8H2,(H,23,24)(H,26,27). The Morgan fingerprint density at radius 3 is 2.52 bits per heavy atom. The van der Waals surface area contributed by atoms with E-state index in [1.165, 1.54) is 29.3 Å². The Kier molecular flexibility index (Phi) is 5.06. The lowest BCUT2D eigenvalue weighted by atomic mass is 10.1. The molecule has 0 aliphatic heterocycles. The van der Waals surface area contributed by atoms with Crippen molar-refractivity contribution in [1.82, 2.24) is 19.7 Å². The third-order valence-electron chi connectivity index (χ3n) is 3.68. The molecule has 0 aliphatic rings. The Bertz CT molecular complexity index is 941. The highest BCUT2D eigenvalue weighted by atomic mass is 19.4. The van der Waals surface area contributed by atoms with Crippen LogP contribution in [0.2, 0.25) is 0 Å². The van der Waals surface area contributed by atoms with E-state index < -0.39 is 18.6 Å². The Morgan fingerprint density at radius 1 is 1.15 bits per heavy atom. The van der Waals surface area contributed by atoms with Gasteiger partial charge in [-0.25, -0.2) is 4.79 Å². The maximum Gasteiger partial charge on any atom is 0.390 e. The van der Waals surface area contributed by atoms with Gasteiger partial charge in [0.05, 0.1) is 23.9 Å². The molecule has 3 aromatic heterocycles. The molecule has 0 spiro atoms. The van der Waals surface area contributed by atoms with Gasteiger partial charge in [-0.05, 0) is 23.8 Å². The number of carbonyl (C=O) groups is 1. The number of alkyl halides is 3. The number of rotatable bonds is 6. The van der Waals surface area contributed by atoms with Crippen LogP contribution in [0.15, 0.2) is 49.2 Å². The predicted molar refractivity (Wildman–Crippen MR) is 90.6 cm³/mol. The molecule has 3 heterocycles. The van der Waals surface area contributed by atoms with Gasteiger partial charge in [0.15, 0.2) is 5.82 Å². The van der Waals surface area contributed by atoms with E-state index in [0.29, 0.717) is 11.1 Å². The zero-order chi connectivity index (χ0) is 19.4. The third-order valence-corrected chi connectivity index (χ3v) is 3.68. The molecule has 0 saturated carbocycles. The van der Waals surface area contributed by atoms with Gasteiger partial charge in [-0.2, -0.15) is 18.3 Å². The first-order valence-electron chi connectivity index (χ1n) is 7.82. The number of pyridine rings is 2. The molecule has 140 valence electrons. The van der Waals surface area contributed by atoms with Crippen LogP contribution < -0.4 is 5.32 Å². The third kappa shape index (κ3) is 4.60. The normalized spacial score (nSPS) is 11.4. The second-order valence-corrected chi connectivity index (χ2v) is 5.61. The van der Waals surface area contributed by atoms with Gasteiger partial charge < -0.3 is 10.4 Å². The molecule has 0 aliphatic carbocycles. The number of hydrogen-bond acceptors (Lipinski definition) is 5. The van der Waals surface area contributed by atoms with E-state index in [4.69, 9.17) is 0 Å². The molecule has 0 fully saturated rings. The topological polar surface area (TPSA) is 92.9 Å². The number of aryl methyl sites for hydroxylation is 1. The van der Waals surface area contributed by atoms with Crippen molar-refractivity contribution in [3.63, 3.8) is 0 Å². The van der Waals surface area contributed by atoms with Gasteiger partial charge in [-0.15, -0.1) is 0 Å². The lowest BCUT2D eigenvalue weighted by Crippen LogP contribution is -2.12. The van der Waals surface area contributed by atoms with E-state index in [1.807, 2.05) is 0 Å². The molecule has 0 atom stereocenters. The van der Waals surface area contributed by atoms with Crippen LogP contribution in [-0.4, -0.2) is 37.0 Å². The summed E-state index contributed by atoms with van der Waals surface area (Å²) in [5.74, 6) is -0.944. The maximum atomic E-state index is 12.5. The van der Waals surface area contributed by atoms with Crippen LogP contribution in [-0.2, 0) is 6.54 Å². The lowest BCUT2D eigenvalue weighted by molar-refractivity contribution is -0.137. The minimum atomic E-state index is -4.31. The summed E-state index contributed by atoms with van der Waals surface area (Å²) in [6.07, 6.45) is 1.86. The van der Waals surface area contributed by atoms with Crippen LogP contribution in [0.25, 0.3) is 11.1 Å². The van der Waals surface area contributed by atoms with Gasteiger partial charge in [-0.3, -0.25) is 14.6 Å². The van der Waals surface area contributed by atoms with E-state index in [0.717, 1.165) is 0 Å². The number of hydrogen-bond donors (Lipinski definition) is 2. The lowest BCUT2D eigenvalue weighted by Gasteiger charge is -2.08. The number of carboxylic acid groups (broad SMARTS) is 1. The molecule has 0 bridgehead atoms. The summed E-state index contributed by atoms with van der Waals surface area (Å²) in [5, 5.41) is 16.3. The molecule has 27 heavy (non-hydrogen) atoms. The maximum absolute atomic E-state index is 12.5. The van der Waals surface area contributed by atoms with Gasteiger partial charge in [-0.1, -0.05) is 0 Å². The molecular weight excluding hydrogens is 363 g/mol. The van der Waals surface area contributed by atoms with Gasteiger partial charge in [0.25, 0.3) is 0 Å². The van der Waals surface area contributed by atoms with Crippen molar-refractivity contribution < 1.29 is 23.1 Å². The van der Waals surface area contributed by atoms with Gasteiger partial charge in [0, 0.05) is 36.9 Å². The minimum absolute atomic E-state index is 0.0319. The number of carboxylic acids is 1.